The highest BCUT2D eigenvalue weighted by Gasteiger charge is 1.97. The van der Waals surface area contributed by atoms with E-state index in [0.29, 0.717) is 18.5 Å². The van der Waals surface area contributed by atoms with Gasteiger partial charge in [-0.25, -0.2) is 4.39 Å². The Morgan fingerprint density at radius 1 is 1.46 bits per heavy atom. The summed E-state index contributed by atoms with van der Waals surface area (Å²) in [6.45, 7) is 0.528. The fourth-order valence-corrected chi connectivity index (χ4v) is 1.17. The number of hydrogen-bond acceptors (Lipinski definition) is 1. The van der Waals surface area contributed by atoms with Gasteiger partial charge in [-0.1, -0.05) is 11.8 Å². The van der Waals surface area contributed by atoms with Gasteiger partial charge in [0.15, 0.2) is 0 Å². The van der Waals surface area contributed by atoms with Crippen molar-refractivity contribution in [2.24, 2.45) is 5.73 Å². The molecule has 0 radical (unpaired) electrons. The van der Waals surface area contributed by atoms with E-state index >= 15 is 0 Å². The SMILES string of the molecule is NCCC#Cc1cc(F)ccc1Br. The Kier molecular flexibility index (Phi) is 3.94. The van der Waals surface area contributed by atoms with Gasteiger partial charge in [0.2, 0.25) is 0 Å². The van der Waals surface area contributed by atoms with Crippen molar-refractivity contribution in [3.05, 3.63) is 34.1 Å². The van der Waals surface area contributed by atoms with Crippen LogP contribution >= 0.6 is 15.9 Å². The highest BCUT2D eigenvalue weighted by atomic mass is 79.9. The summed E-state index contributed by atoms with van der Waals surface area (Å²) in [6, 6.07) is 4.42. The van der Waals surface area contributed by atoms with Crippen LogP contribution in [0.5, 0.6) is 0 Å². The van der Waals surface area contributed by atoms with Gasteiger partial charge in [-0.15, -0.1) is 0 Å². The molecule has 0 saturated carbocycles. The lowest BCUT2D eigenvalue weighted by Crippen LogP contribution is -1.95. The van der Waals surface area contributed by atoms with Crippen LogP contribution in [0.2, 0.25) is 0 Å². The second kappa shape index (κ2) is 5.00. The molecule has 0 aromatic heterocycles. The molecule has 0 fully saturated rings. The van der Waals surface area contributed by atoms with Crippen LogP contribution in [0.25, 0.3) is 0 Å². The van der Waals surface area contributed by atoms with Crippen LogP contribution in [0.1, 0.15) is 12.0 Å². The van der Waals surface area contributed by atoms with E-state index in [0.717, 1.165) is 4.47 Å². The molecule has 0 heterocycles. The van der Waals surface area contributed by atoms with Crippen molar-refractivity contribution in [2.75, 3.05) is 6.54 Å². The van der Waals surface area contributed by atoms with Crippen LogP contribution in [0.15, 0.2) is 22.7 Å². The van der Waals surface area contributed by atoms with E-state index in [1.807, 2.05) is 0 Å². The average Bonchev–Trinajstić information content (AvgIpc) is 2.11. The Bertz CT molecular complexity index is 352. The van der Waals surface area contributed by atoms with Crippen LogP contribution in [0.3, 0.4) is 0 Å². The van der Waals surface area contributed by atoms with Crippen molar-refractivity contribution >= 4 is 15.9 Å². The molecule has 68 valence electrons. The molecular weight excluding hydrogens is 233 g/mol. The summed E-state index contributed by atoms with van der Waals surface area (Å²) in [5.74, 6) is 5.41. The van der Waals surface area contributed by atoms with E-state index in [-0.39, 0.29) is 5.82 Å². The third kappa shape index (κ3) is 3.17. The van der Waals surface area contributed by atoms with Gasteiger partial charge in [-0.3, -0.25) is 0 Å². The minimum Gasteiger partial charge on any atom is -0.330 e. The molecule has 0 aliphatic rings. The zero-order valence-electron chi connectivity index (χ0n) is 6.98. The van der Waals surface area contributed by atoms with Crippen molar-refractivity contribution in [1.29, 1.82) is 0 Å². The Morgan fingerprint density at radius 3 is 2.92 bits per heavy atom. The molecule has 0 aliphatic heterocycles. The lowest BCUT2D eigenvalue weighted by molar-refractivity contribution is 0.627. The molecule has 0 amide bonds. The fraction of sp³-hybridized carbons (Fsp3) is 0.200. The van der Waals surface area contributed by atoms with Crippen molar-refractivity contribution in [3.8, 4) is 11.8 Å². The summed E-state index contributed by atoms with van der Waals surface area (Å²) < 4.78 is 13.5. The molecule has 0 aliphatic carbocycles. The van der Waals surface area contributed by atoms with Crippen LogP contribution in [0, 0.1) is 17.7 Å². The van der Waals surface area contributed by atoms with Gasteiger partial charge in [0, 0.05) is 23.0 Å². The normalized spacial score (nSPS) is 9.15. The number of hydrogen-bond donors (Lipinski definition) is 1. The predicted molar refractivity (Wildman–Crippen MR) is 54.6 cm³/mol. The van der Waals surface area contributed by atoms with E-state index in [4.69, 9.17) is 5.73 Å². The molecule has 1 nitrogen and oxygen atoms in total. The van der Waals surface area contributed by atoms with Gasteiger partial charge in [-0.2, -0.15) is 0 Å². The highest BCUT2D eigenvalue weighted by Crippen LogP contribution is 2.16. The van der Waals surface area contributed by atoms with E-state index < -0.39 is 0 Å². The largest absolute Gasteiger partial charge is 0.330 e. The van der Waals surface area contributed by atoms with Gasteiger partial charge < -0.3 is 5.73 Å². The van der Waals surface area contributed by atoms with E-state index in [2.05, 4.69) is 27.8 Å². The first kappa shape index (κ1) is 10.2. The topological polar surface area (TPSA) is 26.0 Å². The summed E-state index contributed by atoms with van der Waals surface area (Å²) in [5, 5.41) is 0. The summed E-state index contributed by atoms with van der Waals surface area (Å²) in [5.41, 5.74) is 5.93. The maximum absolute atomic E-state index is 12.7. The number of rotatable bonds is 1. The monoisotopic (exact) mass is 241 g/mol. The molecule has 1 rings (SSSR count). The molecule has 1 aromatic carbocycles. The van der Waals surface area contributed by atoms with E-state index in [9.17, 15) is 4.39 Å². The second-order valence-electron chi connectivity index (χ2n) is 2.46. The van der Waals surface area contributed by atoms with Gasteiger partial charge in [-0.05, 0) is 34.1 Å². The molecular formula is C10H9BrFN. The molecule has 3 heteroatoms. The quantitative estimate of drug-likeness (QED) is 0.751. The Hall–Kier alpha value is -0.850. The van der Waals surface area contributed by atoms with Gasteiger partial charge in [0.1, 0.15) is 5.82 Å². The van der Waals surface area contributed by atoms with E-state index in [1.54, 1.807) is 6.07 Å². The van der Waals surface area contributed by atoms with Crippen molar-refractivity contribution in [3.63, 3.8) is 0 Å². The third-order valence-corrected chi connectivity index (χ3v) is 2.11. The van der Waals surface area contributed by atoms with Gasteiger partial charge >= 0.3 is 0 Å². The lowest BCUT2D eigenvalue weighted by atomic mass is 10.2. The molecule has 0 saturated heterocycles. The van der Waals surface area contributed by atoms with Crippen LogP contribution in [-0.2, 0) is 0 Å². The summed E-state index contributed by atoms with van der Waals surface area (Å²) in [7, 11) is 0. The Morgan fingerprint density at radius 2 is 2.23 bits per heavy atom. The number of halogens is 2. The Balaban J connectivity index is 2.89. The predicted octanol–water partition coefficient (Wildman–Crippen LogP) is 2.29. The Labute approximate surface area is 85.3 Å². The third-order valence-electron chi connectivity index (χ3n) is 1.42. The first-order valence-corrected chi connectivity index (χ1v) is 4.67. The molecule has 13 heavy (non-hydrogen) atoms. The van der Waals surface area contributed by atoms with Gasteiger partial charge in [0.25, 0.3) is 0 Å². The minimum atomic E-state index is -0.278. The number of benzene rings is 1. The van der Waals surface area contributed by atoms with Crippen molar-refractivity contribution in [2.45, 2.75) is 6.42 Å². The molecule has 1 aromatic rings. The smallest absolute Gasteiger partial charge is 0.124 e. The molecule has 0 spiro atoms. The van der Waals surface area contributed by atoms with Gasteiger partial charge in [0.05, 0.1) is 0 Å². The standard InChI is InChI=1S/C10H9BrFN/c11-10-5-4-9(12)7-8(10)3-1-2-6-13/h4-5,7H,2,6,13H2. The molecule has 2 N–H and O–H groups in total. The average molecular weight is 242 g/mol. The van der Waals surface area contributed by atoms with Crippen molar-refractivity contribution in [1.82, 2.24) is 0 Å². The second-order valence-corrected chi connectivity index (χ2v) is 3.32. The molecule has 0 unspecified atom stereocenters. The van der Waals surface area contributed by atoms with Crippen LogP contribution in [-0.4, -0.2) is 6.54 Å². The van der Waals surface area contributed by atoms with Crippen LogP contribution < -0.4 is 5.73 Å². The maximum Gasteiger partial charge on any atom is 0.124 e. The highest BCUT2D eigenvalue weighted by molar-refractivity contribution is 9.10. The summed E-state index contributed by atoms with van der Waals surface area (Å²) >= 11 is 3.28. The summed E-state index contributed by atoms with van der Waals surface area (Å²) in [6.07, 6.45) is 0.628. The van der Waals surface area contributed by atoms with Crippen LogP contribution in [0.4, 0.5) is 4.39 Å². The molecule has 0 atom stereocenters. The van der Waals surface area contributed by atoms with Crippen molar-refractivity contribution < 1.29 is 4.39 Å². The molecule has 0 bridgehead atoms. The fourth-order valence-electron chi connectivity index (χ4n) is 0.823. The zero-order valence-corrected chi connectivity index (χ0v) is 8.57. The minimum absolute atomic E-state index is 0.278. The van der Waals surface area contributed by atoms with E-state index in [1.165, 1.54) is 12.1 Å². The summed E-state index contributed by atoms with van der Waals surface area (Å²) in [4.78, 5) is 0. The number of nitrogens with two attached hydrogens (primary N) is 1. The first-order valence-electron chi connectivity index (χ1n) is 3.88. The maximum atomic E-state index is 12.7. The lowest BCUT2D eigenvalue weighted by Gasteiger charge is -1.94. The zero-order chi connectivity index (χ0) is 9.68. The first-order chi connectivity index (χ1) is 6.24.